The van der Waals surface area contributed by atoms with Gasteiger partial charge in [0.1, 0.15) is 5.75 Å². The summed E-state index contributed by atoms with van der Waals surface area (Å²) in [5.41, 5.74) is 2.63. The molecule has 4 rings (SSSR count). The minimum Gasteiger partial charge on any atom is -0.493 e. The molecule has 1 atom stereocenters. The summed E-state index contributed by atoms with van der Waals surface area (Å²) in [5, 5.41) is 0. The maximum Gasteiger partial charge on any atom is 0.122 e. The highest BCUT2D eigenvalue weighted by atomic mass is 16.5. The van der Waals surface area contributed by atoms with Gasteiger partial charge in [0, 0.05) is 6.42 Å². The standard InChI is InChI=1S/C20H31BNO/c1-3-17-4-5-20(16(2)14-17)23-13-9-19(15-21)22-10-6-18(7-11-22)8-12-22/h4-5,14,18-19H,3,6-13,15H2,1-2H3/q+1. The molecule has 3 saturated heterocycles. The number of quaternary nitrogens is 1. The molecule has 0 saturated carbocycles. The minimum atomic E-state index is 0.575. The predicted molar refractivity (Wildman–Crippen MR) is 97.2 cm³/mol. The number of hydrogen-bond donors (Lipinski definition) is 0. The van der Waals surface area contributed by atoms with E-state index >= 15 is 0 Å². The smallest absolute Gasteiger partial charge is 0.122 e. The molecule has 3 fully saturated rings. The summed E-state index contributed by atoms with van der Waals surface area (Å²) in [6.07, 6.45) is 7.19. The highest BCUT2D eigenvalue weighted by Crippen LogP contribution is 2.37. The average Bonchev–Trinajstić information content (AvgIpc) is 2.61. The summed E-state index contributed by atoms with van der Waals surface area (Å²) >= 11 is 0. The first-order valence-electron chi connectivity index (χ1n) is 9.45. The zero-order chi connectivity index (χ0) is 16.3. The number of ether oxygens (including phenoxy) is 1. The van der Waals surface area contributed by atoms with Gasteiger partial charge in [0.15, 0.2) is 0 Å². The second-order valence-electron chi connectivity index (χ2n) is 7.60. The van der Waals surface area contributed by atoms with Gasteiger partial charge < -0.3 is 9.22 Å². The van der Waals surface area contributed by atoms with E-state index in [4.69, 9.17) is 12.6 Å². The summed E-state index contributed by atoms with van der Waals surface area (Å²) in [6, 6.07) is 7.13. The average molecular weight is 312 g/mol. The molecular weight excluding hydrogens is 281 g/mol. The predicted octanol–water partition coefficient (Wildman–Crippen LogP) is 3.91. The molecule has 2 nitrogen and oxygen atoms in total. The summed E-state index contributed by atoms with van der Waals surface area (Å²) in [6.45, 7) is 9.16. The van der Waals surface area contributed by atoms with Crippen molar-refractivity contribution in [3.8, 4) is 5.75 Å². The van der Waals surface area contributed by atoms with Gasteiger partial charge in [-0.15, -0.1) is 0 Å². The third kappa shape index (κ3) is 3.60. The molecule has 3 aliphatic heterocycles. The first kappa shape index (κ1) is 16.9. The van der Waals surface area contributed by atoms with Crippen LogP contribution in [0.5, 0.6) is 5.75 Å². The number of benzene rings is 1. The van der Waals surface area contributed by atoms with E-state index in [9.17, 15) is 0 Å². The Morgan fingerprint density at radius 2 is 1.91 bits per heavy atom. The fourth-order valence-electron chi connectivity index (χ4n) is 4.65. The van der Waals surface area contributed by atoms with E-state index in [1.165, 1.54) is 54.5 Å². The molecule has 3 heteroatoms. The van der Waals surface area contributed by atoms with Crippen LogP contribution in [0.4, 0.5) is 0 Å². The quantitative estimate of drug-likeness (QED) is 0.548. The number of piperidine rings is 3. The van der Waals surface area contributed by atoms with Gasteiger partial charge in [-0.2, -0.15) is 0 Å². The molecular formula is C20H31BNO+. The van der Waals surface area contributed by atoms with Gasteiger partial charge >= 0.3 is 0 Å². The summed E-state index contributed by atoms with van der Waals surface area (Å²) in [5.74, 6) is 2.04. The zero-order valence-electron chi connectivity index (χ0n) is 14.9. The monoisotopic (exact) mass is 312 g/mol. The van der Waals surface area contributed by atoms with Crippen LogP contribution >= 0.6 is 0 Å². The van der Waals surface area contributed by atoms with Gasteiger partial charge in [0.05, 0.1) is 40.1 Å². The van der Waals surface area contributed by atoms with Crippen LogP contribution < -0.4 is 4.74 Å². The van der Waals surface area contributed by atoms with E-state index in [0.29, 0.717) is 6.04 Å². The normalized spacial score (nSPS) is 27.8. The van der Waals surface area contributed by atoms with Crippen molar-refractivity contribution in [2.75, 3.05) is 26.2 Å². The maximum atomic E-state index is 6.16. The third-order valence-electron chi connectivity index (χ3n) is 6.35. The Kier molecular flexibility index (Phi) is 5.36. The van der Waals surface area contributed by atoms with E-state index in [1.807, 2.05) is 0 Å². The van der Waals surface area contributed by atoms with Crippen LogP contribution in [0.25, 0.3) is 0 Å². The lowest BCUT2D eigenvalue weighted by atomic mass is 9.81. The van der Waals surface area contributed by atoms with E-state index < -0.39 is 0 Å². The van der Waals surface area contributed by atoms with Crippen LogP contribution in [0.15, 0.2) is 18.2 Å². The molecule has 0 aromatic heterocycles. The first-order chi connectivity index (χ1) is 11.2. The number of nitrogens with zero attached hydrogens (tertiary/aromatic N) is 1. The SMILES string of the molecule is [B]CC(CCOc1ccc(CC)cc1C)[N+]12CCC(CC1)CC2. The molecule has 124 valence electrons. The van der Waals surface area contributed by atoms with Crippen molar-refractivity contribution in [2.24, 2.45) is 5.92 Å². The molecule has 0 N–H and O–H groups in total. The fourth-order valence-corrected chi connectivity index (χ4v) is 4.65. The summed E-state index contributed by atoms with van der Waals surface area (Å²) < 4.78 is 7.36. The fraction of sp³-hybridized carbons (Fsp3) is 0.700. The second-order valence-corrected chi connectivity index (χ2v) is 7.60. The molecule has 0 aliphatic carbocycles. The van der Waals surface area contributed by atoms with Crippen molar-refractivity contribution in [1.82, 2.24) is 0 Å². The number of fused-ring (bicyclic) bond motifs is 3. The Balaban J connectivity index is 1.56. The molecule has 2 radical (unpaired) electrons. The lowest BCUT2D eigenvalue weighted by molar-refractivity contribution is -0.963. The molecule has 1 aromatic carbocycles. The molecule has 3 heterocycles. The lowest BCUT2D eigenvalue weighted by Gasteiger charge is -2.53. The largest absolute Gasteiger partial charge is 0.493 e. The van der Waals surface area contributed by atoms with Gasteiger partial charge in [0.2, 0.25) is 0 Å². The molecule has 1 aromatic rings. The molecule has 1 unspecified atom stereocenters. The molecule has 0 amide bonds. The van der Waals surface area contributed by atoms with Gasteiger partial charge in [0.25, 0.3) is 0 Å². The molecule has 0 spiro atoms. The van der Waals surface area contributed by atoms with Gasteiger partial charge in [-0.1, -0.05) is 19.1 Å². The van der Waals surface area contributed by atoms with Crippen LogP contribution in [0.3, 0.4) is 0 Å². The van der Waals surface area contributed by atoms with Gasteiger partial charge in [-0.05, 0) is 62.0 Å². The Morgan fingerprint density at radius 3 is 2.48 bits per heavy atom. The van der Waals surface area contributed by atoms with Crippen molar-refractivity contribution in [3.63, 3.8) is 0 Å². The number of rotatable bonds is 7. The van der Waals surface area contributed by atoms with Crippen LogP contribution in [-0.4, -0.2) is 44.6 Å². The first-order valence-corrected chi connectivity index (χ1v) is 9.45. The minimum absolute atomic E-state index is 0.575. The van der Waals surface area contributed by atoms with Gasteiger partial charge in [-0.3, -0.25) is 0 Å². The van der Waals surface area contributed by atoms with E-state index in [2.05, 4.69) is 32.0 Å². The van der Waals surface area contributed by atoms with Crippen molar-refractivity contribution < 1.29 is 9.22 Å². The molecule has 3 aliphatic rings. The Labute approximate surface area is 143 Å². The van der Waals surface area contributed by atoms with Crippen LogP contribution in [0.2, 0.25) is 6.32 Å². The maximum absolute atomic E-state index is 6.16. The highest BCUT2D eigenvalue weighted by molar-refractivity contribution is 6.08. The third-order valence-corrected chi connectivity index (χ3v) is 6.35. The van der Waals surface area contributed by atoms with Crippen molar-refractivity contribution in [2.45, 2.75) is 58.3 Å². The van der Waals surface area contributed by atoms with Crippen LogP contribution in [0.1, 0.15) is 43.7 Å². The van der Waals surface area contributed by atoms with E-state index in [0.717, 1.165) is 37.4 Å². The number of hydrogen-bond acceptors (Lipinski definition) is 1. The van der Waals surface area contributed by atoms with Crippen LogP contribution in [0, 0.1) is 12.8 Å². The van der Waals surface area contributed by atoms with Crippen molar-refractivity contribution in [1.29, 1.82) is 0 Å². The Bertz CT molecular complexity index is 509. The summed E-state index contributed by atoms with van der Waals surface area (Å²) in [4.78, 5) is 0. The van der Waals surface area contributed by atoms with Gasteiger partial charge in [-0.25, -0.2) is 0 Å². The molecule has 23 heavy (non-hydrogen) atoms. The topological polar surface area (TPSA) is 9.23 Å². The van der Waals surface area contributed by atoms with E-state index in [1.54, 1.807) is 0 Å². The molecule has 2 bridgehead atoms. The van der Waals surface area contributed by atoms with Crippen molar-refractivity contribution >= 4 is 7.85 Å². The van der Waals surface area contributed by atoms with Crippen molar-refractivity contribution in [3.05, 3.63) is 29.3 Å². The second kappa shape index (κ2) is 7.30. The Morgan fingerprint density at radius 1 is 1.22 bits per heavy atom. The Hall–Kier alpha value is -0.955. The van der Waals surface area contributed by atoms with Crippen LogP contribution in [-0.2, 0) is 6.42 Å². The zero-order valence-corrected chi connectivity index (χ0v) is 14.9. The highest BCUT2D eigenvalue weighted by Gasteiger charge is 2.43. The number of aryl methyl sites for hydroxylation is 2. The van der Waals surface area contributed by atoms with E-state index in [-0.39, 0.29) is 0 Å². The summed E-state index contributed by atoms with van der Waals surface area (Å²) in [7, 11) is 6.16. The lowest BCUT2D eigenvalue weighted by Crippen LogP contribution is -2.63.